The van der Waals surface area contributed by atoms with Crippen molar-refractivity contribution >= 4 is 27.6 Å². The number of hydrogen-bond acceptors (Lipinski definition) is 5. The Hall–Kier alpha value is -2.07. The first-order valence-corrected chi connectivity index (χ1v) is 7.11. The first kappa shape index (κ1) is 14.3. The van der Waals surface area contributed by atoms with Crippen molar-refractivity contribution in [3.63, 3.8) is 0 Å². The van der Waals surface area contributed by atoms with Crippen LogP contribution in [-0.2, 0) is 0 Å². The molecule has 2 heterocycles. The molecule has 0 fully saturated rings. The van der Waals surface area contributed by atoms with Crippen LogP contribution in [0.25, 0.3) is 5.82 Å². The van der Waals surface area contributed by atoms with Crippen molar-refractivity contribution in [2.24, 2.45) is 0 Å². The molecular formula is C13H15BrN6. The molecule has 7 heteroatoms. The highest BCUT2D eigenvalue weighted by Gasteiger charge is 2.16. The van der Waals surface area contributed by atoms with E-state index in [0.717, 1.165) is 23.9 Å². The molecule has 6 nitrogen and oxygen atoms in total. The Bertz CT molecular complexity index is 626. The van der Waals surface area contributed by atoms with Crippen molar-refractivity contribution in [3.8, 4) is 11.9 Å². The Morgan fingerprint density at radius 2 is 2.30 bits per heavy atom. The van der Waals surface area contributed by atoms with Gasteiger partial charge in [0.05, 0.1) is 0 Å². The van der Waals surface area contributed by atoms with Gasteiger partial charge in [-0.15, -0.1) is 5.10 Å². The van der Waals surface area contributed by atoms with E-state index >= 15 is 0 Å². The van der Waals surface area contributed by atoms with Crippen LogP contribution in [0.4, 0.5) is 11.6 Å². The molecule has 0 saturated carbocycles. The molecule has 0 aliphatic rings. The molecular weight excluding hydrogens is 320 g/mol. The maximum Gasteiger partial charge on any atom is 0.168 e. The molecule has 2 rings (SSSR count). The summed E-state index contributed by atoms with van der Waals surface area (Å²) in [5.74, 6) is 1.37. The van der Waals surface area contributed by atoms with Crippen LogP contribution in [0.2, 0.25) is 0 Å². The van der Waals surface area contributed by atoms with E-state index < -0.39 is 0 Å². The smallest absolute Gasteiger partial charge is 0.168 e. The number of pyridine rings is 1. The molecule has 3 N–H and O–H groups in total. The lowest BCUT2D eigenvalue weighted by molar-refractivity contribution is 0.817. The Labute approximate surface area is 125 Å². The van der Waals surface area contributed by atoms with Gasteiger partial charge in [0.25, 0.3) is 0 Å². The molecule has 2 aromatic rings. The number of aromatic nitrogens is 3. The van der Waals surface area contributed by atoms with Gasteiger partial charge in [-0.2, -0.15) is 9.94 Å². The first-order valence-electron chi connectivity index (χ1n) is 6.31. The number of unbranched alkanes of at least 4 members (excludes halogenated alkanes) is 1. The summed E-state index contributed by atoms with van der Waals surface area (Å²) in [6, 6.07) is 5.71. The van der Waals surface area contributed by atoms with Crippen LogP contribution in [0.5, 0.6) is 0 Å². The topological polar surface area (TPSA) is 92.6 Å². The molecule has 0 unspecified atom stereocenters. The summed E-state index contributed by atoms with van der Waals surface area (Å²) >= 11 is 3.32. The van der Waals surface area contributed by atoms with Gasteiger partial charge >= 0.3 is 0 Å². The van der Waals surface area contributed by atoms with Gasteiger partial charge in [0.1, 0.15) is 17.5 Å². The number of halogens is 1. The number of anilines is 2. The summed E-state index contributed by atoms with van der Waals surface area (Å²) in [6.45, 7) is 2.86. The van der Waals surface area contributed by atoms with Gasteiger partial charge in [-0.25, -0.2) is 4.98 Å². The van der Waals surface area contributed by atoms with Crippen molar-refractivity contribution in [3.05, 3.63) is 28.4 Å². The van der Waals surface area contributed by atoms with Gasteiger partial charge < -0.3 is 11.1 Å². The highest BCUT2D eigenvalue weighted by atomic mass is 79.9. The average Bonchev–Trinajstić information content (AvgIpc) is 2.76. The quantitative estimate of drug-likeness (QED) is 0.820. The lowest BCUT2D eigenvalue weighted by Crippen LogP contribution is -2.05. The monoisotopic (exact) mass is 334 g/mol. The van der Waals surface area contributed by atoms with E-state index in [-0.39, 0.29) is 0 Å². The molecule has 0 saturated heterocycles. The van der Waals surface area contributed by atoms with Crippen LogP contribution < -0.4 is 11.1 Å². The predicted octanol–water partition coefficient (Wildman–Crippen LogP) is 2.70. The zero-order valence-corrected chi connectivity index (χ0v) is 12.7. The summed E-state index contributed by atoms with van der Waals surface area (Å²) < 4.78 is 2.34. The Morgan fingerprint density at radius 1 is 1.50 bits per heavy atom. The standard InChI is InChI=1S/C13H15BrN6/c1-2-3-6-17-13-10(7-15)12(16)20(19-13)11-5-4-9(14)8-18-11/h4-5,8H,2-3,6,16H2,1H3,(H,17,19). The van der Waals surface area contributed by atoms with Crippen molar-refractivity contribution in [1.82, 2.24) is 14.8 Å². The lowest BCUT2D eigenvalue weighted by Gasteiger charge is -2.02. The summed E-state index contributed by atoms with van der Waals surface area (Å²) in [4.78, 5) is 4.23. The molecule has 0 radical (unpaired) electrons. The third-order valence-corrected chi connectivity index (χ3v) is 3.25. The fourth-order valence-electron chi connectivity index (χ4n) is 1.72. The average molecular weight is 335 g/mol. The van der Waals surface area contributed by atoms with Crippen LogP contribution in [0.3, 0.4) is 0 Å². The fourth-order valence-corrected chi connectivity index (χ4v) is 1.95. The van der Waals surface area contributed by atoms with E-state index in [1.54, 1.807) is 12.3 Å². The number of nitrogens with two attached hydrogens (primary N) is 1. The Balaban J connectivity index is 2.35. The van der Waals surface area contributed by atoms with E-state index in [9.17, 15) is 5.26 Å². The predicted molar refractivity (Wildman–Crippen MR) is 81.6 cm³/mol. The van der Waals surface area contributed by atoms with Crippen LogP contribution in [0, 0.1) is 11.3 Å². The van der Waals surface area contributed by atoms with Crippen LogP contribution >= 0.6 is 15.9 Å². The van der Waals surface area contributed by atoms with E-state index in [4.69, 9.17) is 5.73 Å². The summed E-state index contributed by atoms with van der Waals surface area (Å²) in [7, 11) is 0. The van der Waals surface area contributed by atoms with E-state index in [1.807, 2.05) is 6.07 Å². The van der Waals surface area contributed by atoms with Crippen LogP contribution in [0.15, 0.2) is 22.8 Å². The third kappa shape index (κ3) is 2.91. The number of nitrogens with one attached hydrogen (secondary N) is 1. The number of nitriles is 1. The molecule has 0 aliphatic carbocycles. The molecule has 0 atom stereocenters. The lowest BCUT2D eigenvalue weighted by atomic mass is 10.3. The maximum atomic E-state index is 9.21. The number of hydrogen-bond donors (Lipinski definition) is 2. The van der Waals surface area contributed by atoms with Crippen LogP contribution in [-0.4, -0.2) is 21.3 Å². The Morgan fingerprint density at radius 3 is 2.90 bits per heavy atom. The number of nitrogen functional groups attached to an aromatic ring is 1. The largest absolute Gasteiger partial charge is 0.382 e. The molecule has 20 heavy (non-hydrogen) atoms. The molecule has 0 aliphatic heterocycles. The highest BCUT2D eigenvalue weighted by Crippen LogP contribution is 2.23. The number of rotatable bonds is 5. The molecule has 0 bridgehead atoms. The molecule has 0 amide bonds. The Kier molecular flexibility index (Phi) is 4.58. The van der Waals surface area contributed by atoms with Gasteiger partial charge in [0.2, 0.25) is 0 Å². The molecule has 2 aromatic heterocycles. The zero-order valence-electron chi connectivity index (χ0n) is 11.1. The van der Waals surface area contributed by atoms with Gasteiger partial charge in [-0.3, -0.25) is 0 Å². The number of nitrogens with zero attached hydrogens (tertiary/aromatic N) is 4. The van der Waals surface area contributed by atoms with Gasteiger partial charge in [0, 0.05) is 17.2 Å². The highest BCUT2D eigenvalue weighted by molar-refractivity contribution is 9.10. The molecule has 0 aromatic carbocycles. The van der Waals surface area contributed by atoms with E-state index in [1.165, 1.54) is 4.68 Å². The van der Waals surface area contributed by atoms with Crippen molar-refractivity contribution in [2.45, 2.75) is 19.8 Å². The second-order valence-electron chi connectivity index (χ2n) is 4.25. The van der Waals surface area contributed by atoms with Gasteiger partial charge in [0.15, 0.2) is 11.6 Å². The van der Waals surface area contributed by atoms with Crippen LogP contribution in [0.1, 0.15) is 25.3 Å². The minimum absolute atomic E-state index is 0.293. The fraction of sp³-hybridized carbons (Fsp3) is 0.308. The van der Waals surface area contributed by atoms with E-state index in [0.29, 0.717) is 23.0 Å². The second kappa shape index (κ2) is 6.39. The summed E-state index contributed by atoms with van der Waals surface area (Å²) in [6.07, 6.45) is 3.74. The van der Waals surface area contributed by atoms with E-state index in [2.05, 4.69) is 44.3 Å². The maximum absolute atomic E-state index is 9.21. The van der Waals surface area contributed by atoms with Crippen molar-refractivity contribution < 1.29 is 0 Å². The van der Waals surface area contributed by atoms with Gasteiger partial charge in [-0.05, 0) is 34.5 Å². The third-order valence-electron chi connectivity index (χ3n) is 2.78. The van der Waals surface area contributed by atoms with Gasteiger partial charge in [-0.1, -0.05) is 13.3 Å². The summed E-state index contributed by atoms with van der Waals surface area (Å²) in [5.41, 5.74) is 6.33. The van der Waals surface area contributed by atoms with Crippen molar-refractivity contribution in [2.75, 3.05) is 17.6 Å². The normalized spacial score (nSPS) is 10.2. The molecule has 104 valence electrons. The minimum atomic E-state index is 0.293. The zero-order chi connectivity index (χ0) is 14.5. The SMILES string of the molecule is CCCCNc1nn(-c2ccc(Br)cn2)c(N)c1C#N. The second-order valence-corrected chi connectivity index (χ2v) is 5.16. The van der Waals surface area contributed by atoms with Crippen molar-refractivity contribution in [1.29, 1.82) is 5.26 Å². The first-order chi connectivity index (χ1) is 9.67. The summed E-state index contributed by atoms with van der Waals surface area (Å²) in [5, 5.41) is 16.7. The molecule has 0 spiro atoms. The minimum Gasteiger partial charge on any atom is -0.382 e.